The average molecular weight is 341 g/mol. The van der Waals surface area contributed by atoms with E-state index in [0.29, 0.717) is 18.7 Å². The van der Waals surface area contributed by atoms with E-state index in [1.54, 1.807) is 0 Å². The molecule has 0 saturated heterocycles. The molecule has 0 aliphatic carbocycles. The first-order valence-electron chi connectivity index (χ1n) is 8.71. The van der Waals surface area contributed by atoms with Gasteiger partial charge in [0.05, 0.1) is 0 Å². The summed E-state index contributed by atoms with van der Waals surface area (Å²) in [5.41, 5.74) is 2.02. The molecule has 3 heteroatoms. The van der Waals surface area contributed by atoms with Gasteiger partial charge in [-0.25, -0.2) is 9.79 Å². The maximum absolute atomic E-state index is 13.0. The monoisotopic (exact) mass is 341 g/mol. The molecule has 0 atom stereocenters. The number of hydrogen-bond acceptors (Lipinski definition) is 3. The minimum absolute atomic E-state index is 0.288. The summed E-state index contributed by atoms with van der Waals surface area (Å²) in [4.78, 5) is 17.8. The van der Waals surface area contributed by atoms with Gasteiger partial charge in [-0.15, -0.1) is 0 Å². The summed E-state index contributed by atoms with van der Waals surface area (Å²) in [6.07, 6.45) is 1.02. The molecule has 0 N–H and O–H groups in total. The summed E-state index contributed by atoms with van der Waals surface area (Å²) in [5.74, 6) is 0.117. The van der Waals surface area contributed by atoms with E-state index in [2.05, 4.69) is 0 Å². The number of esters is 1. The molecule has 0 saturated carbocycles. The minimum atomic E-state index is -0.937. The molecular weight excluding hydrogens is 322 g/mol. The predicted octanol–water partition coefficient (Wildman–Crippen LogP) is 4.21. The summed E-state index contributed by atoms with van der Waals surface area (Å²) in [6.45, 7) is 0. The number of nitrogens with zero attached hydrogens (tertiary/aromatic N) is 1. The van der Waals surface area contributed by atoms with Gasteiger partial charge in [-0.1, -0.05) is 78.9 Å². The van der Waals surface area contributed by atoms with Crippen molar-refractivity contribution < 1.29 is 9.53 Å². The summed E-state index contributed by atoms with van der Waals surface area (Å²) in [5, 5.41) is 0. The number of aliphatic imine (C=N–C) groups is 1. The van der Waals surface area contributed by atoms with Crippen molar-refractivity contribution >= 4 is 11.9 Å². The molecule has 1 aliphatic heterocycles. The molecule has 0 unspecified atom stereocenters. The van der Waals surface area contributed by atoms with E-state index in [1.165, 1.54) is 0 Å². The van der Waals surface area contributed by atoms with E-state index >= 15 is 0 Å². The Morgan fingerprint density at radius 3 is 1.65 bits per heavy atom. The van der Waals surface area contributed by atoms with E-state index in [-0.39, 0.29) is 5.97 Å². The van der Waals surface area contributed by atoms with Crippen LogP contribution in [0.5, 0.6) is 0 Å². The Bertz CT molecular complexity index is 877. The van der Waals surface area contributed by atoms with Crippen LogP contribution in [0.1, 0.15) is 16.7 Å². The van der Waals surface area contributed by atoms with Gasteiger partial charge in [0, 0.05) is 18.4 Å². The van der Waals surface area contributed by atoms with Crippen molar-refractivity contribution in [3.63, 3.8) is 0 Å². The number of carbonyl (C=O) groups excluding carboxylic acids is 1. The van der Waals surface area contributed by atoms with E-state index in [1.807, 2.05) is 91.0 Å². The minimum Gasteiger partial charge on any atom is -0.405 e. The fourth-order valence-corrected chi connectivity index (χ4v) is 3.30. The Labute approximate surface area is 153 Å². The lowest BCUT2D eigenvalue weighted by Crippen LogP contribution is -2.38. The molecule has 128 valence electrons. The lowest BCUT2D eigenvalue weighted by molar-refractivity contribution is -0.139. The largest absolute Gasteiger partial charge is 0.405 e. The molecule has 0 bridgehead atoms. The van der Waals surface area contributed by atoms with Crippen LogP contribution in [0.15, 0.2) is 96.0 Å². The number of carbonyl (C=O) groups is 1. The number of ether oxygens (including phenoxy) is 1. The number of hydrogen-bond donors (Lipinski definition) is 0. The van der Waals surface area contributed by atoms with Gasteiger partial charge in [-0.2, -0.15) is 0 Å². The summed E-state index contributed by atoms with van der Waals surface area (Å²) in [7, 11) is 0. The molecule has 0 fully saturated rings. The van der Waals surface area contributed by atoms with Crippen LogP contribution >= 0.6 is 0 Å². The summed E-state index contributed by atoms with van der Waals surface area (Å²) >= 11 is 0. The van der Waals surface area contributed by atoms with Crippen LogP contribution in [0.3, 0.4) is 0 Å². The highest BCUT2D eigenvalue weighted by Gasteiger charge is 2.46. The Morgan fingerprint density at radius 1 is 0.692 bits per heavy atom. The Balaban J connectivity index is 1.75. The van der Waals surface area contributed by atoms with Crippen molar-refractivity contribution in [2.45, 2.75) is 18.4 Å². The molecule has 4 rings (SSSR count). The van der Waals surface area contributed by atoms with Gasteiger partial charge in [-0.05, 0) is 23.3 Å². The van der Waals surface area contributed by atoms with Crippen molar-refractivity contribution in [2.24, 2.45) is 4.99 Å². The Kier molecular flexibility index (Phi) is 4.36. The van der Waals surface area contributed by atoms with Crippen molar-refractivity contribution in [1.29, 1.82) is 0 Å². The van der Waals surface area contributed by atoms with Crippen molar-refractivity contribution in [3.05, 3.63) is 108 Å². The van der Waals surface area contributed by atoms with Gasteiger partial charge in [0.15, 0.2) is 5.54 Å². The standard InChI is InChI=1S/C23H19NO2/c25-22-23(16-18-10-4-1-5-11-18,17-19-12-6-2-7-13-19)24-21(26-22)20-14-8-3-9-15-20/h1-15H,16-17H2. The Hall–Kier alpha value is -3.20. The molecule has 0 spiro atoms. The number of rotatable bonds is 5. The van der Waals surface area contributed by atoms with Gasteiger partial charge in [0.25, 0.3) is 0 Å². The zero-order valence-corrected chi connectivity index (χ0v) is 14.3. The first kappa shape index (κ1) is 16.3. The third-order valence-electron chi connectivity index (χ3n) is 4.58. The van der Waals surface area contributed by atoms with Crippen LogP contribution < -0.4 is 0 Å². The SMILES string of the molecule is O=C1OC(c2ccccc2)=NC1(Cc1ccccc1)Cc1ccccc1. The molecular formula is C23H19NO2. The third kappa shape index (κ3) is 3.29. The molecule has 0 aromatic heterocycles. The van der Waals surface area contributed by atoms with Crippen LogP contribution in [0, 0.1) is 0 Å². The van der Waals surface area contributed by atoms with Crippen LogP contribution in [-0.4, -0.2) is 17.4 Å². The van der Waals surface area contributed by atoms with Crippen molar-refractivity contribution in [3.8, 4) is 0 Å². The highest BCUT2D eigenvalue weighted by atomic mass is 16.6. The van der Waals surface area contributed by atoms with E-state index in [0.717, 1.165) is 16.7 Å². The van der Waals surface area contributed by atoms with E-state index < -0.39 is 5.54 Å². The van der Waals surface area contributed by atoms with Crippen LogP contribution in [-0.2, 0) is 22.4 Å². The fraction of sp³-hybridized carbons (Fsp3) is 0.130. The zero-order chi connectivity index (χ0) is 17.8. The molecule has 0 radical (unpaired) electrons. The lowest BCUT2D eigenvalue weighted by atomic mass is 9.85. The van der Waals surface area contributed by atoms with Crippen molar-refractivity contribution in [1.82, 2.24) is 0 Å². The predicted molar refractivity (Wildman–Crippen MR) is 102 cm³/mol. The van der Waals surface area contributed by atoms with Gasteiger partial charge in [0.1, 0.15) is 0 Å². The maximum Gasteiger partial charge on any atom is 0.341 e. The number of cyclic esters (lactones) is 1. The molecule has 1 aliphatic rings. The quantitative estimate of drug-likeness (QED) is 0.652. The first-order chi connectivity index (χ1) is 12.8. The normalized spacial score (nSPS) is 15.4. The zero-order valence-electron chi connectivity index (χ0n) is 14.3. The van der Waals surface area contributed by atoms with Gasteiger partial charge < -0.3 is 4.74 Å². The summed E-state index contributed by atoms with van der Waals surface area (Å²) in [6, 6.07) is 29.5. The molecule has 3 nitrogen and oxygen atoms in total. The maximum atomic E-state index is 13.0. The molecule has 3 aromatic rings. The smallest absolute Gasteiger partial charge is 0.341 e. The second-order valence-electron chi connectivity index (χ2n) is 6.53. The second-order valence-corrected chi connectivity index (χ2v) is 6.53. The first-order valence-corrected chi connectivity index (χ1v) is 8.71. The summed E-state index contributed by atoms with van der Waals surface area (Å²) < 4.78 is 5.62. The van der Waals surface area contributed by atoms with E-state index in [4.69, 9.17) is 9.73 Å². The molecule has 3 aromatic carbocycles. The van der Waals surface area contributed by atoms with Gasteiger partial charge in [0.2, 0.25) is 5.90 Å². The van der Waals surface area contributed by atoms with Crippen LogP contribution in [0.4, 0.5) is 0 Å². The van der Waals surface area contributed by atoms with Crippen LogP contribution in [0.2, 0.25) is 0 Å². The third-order valence-corrected chi connectivity index (χ3v) is 4.58. The van der Waals surface area contributed by atoms with Crippen LogP contribution in [0.25, 0.3) is 0 Å². The topological polar surface area (TPSA) is 38.7 Å². The lowest BCUT2D eigenvalue weighted by Gasteiger charge is -2.22. The fourth-order valence-electron chi connectivity index (χ4n) is 3.30. The second kappa shape index (κ2) is 6.96. The highest BCUT2D eigenvalue weighted by Crippen LogP contribution is 2.31. The van der Waals surface area contributed by atoms with Gasteiger partial charge >= 0.3 is 5.97 Å². The van der Waals surface area contributed by atoms with Gasteiger partial charge in [-0.3, -0.25) is 0 Å². The molecule has 1 heterocycles. The Morgan fingerprint density at radius 2 is 1.15 bits per heavy atom. The molecule has 26 heavy (non-hydrogen) atoms. The molecule has 0 amide bonds. The number of benzene rings is 3. The van der Waals surface area contributed by atoms with E-state index in [9.17, 15) is 4.79 Å². The highest BCUT2D eigenvalue weighted by molar-refractivity contribution is 6.08. The average Bonchev–Trinajstić information content (AvgIpc) is 3.00. The van der Waals surface area contributed by atoms with Crippen molar-refractivity contribution in [2.75, 3.05) is 0 Å².